The zero-order valence-corrected chi connectivity index (χ0v) is 23.5. The Bertz CT molecular complexity index is 598. The minimum absolute atomic E-state index is 0.210. The Morgan fingerprint density at radius 3 is 1.88 bits per heavy atom. The topological polar surface area (TPSA) is 58.6 Å². The second-order valence-electron chi connectivity index (χ2n) is 11.6. The molecule has 0 spiro atoms. The van der Waals surface area contributed by atoms with Crippen molar-refractivity contribution in [3.8, 4) is 0 Å². The molecule has 200 valence electrons. The Hall–Kier alpha value is -0.190. The first-order valence-electron chi connectivity index (χ1n) is 14.4. The van der Waals surface area contributed by atoms with E-state index < -0.39 is 7.82 Å². The van der Waals surface area contributed by atoms with Gasteiger partial charge in [0.25, 0.3) is 7.82 Å². The number of rotatable bonds is 9. The molecule has 5 nitrogen and oxygen atoms in total. The highest BCUT2D eigenvalue weighted by Crippen LogP contribution is 2.44. The molecule has 0 heterocycles. The highest BCUT2D eigenvalue weighted by Gasteiger charge is 2.39. The van der Waals surface area contributed by atoms with Gasteiger partial charge in [0.05, 0.1) is 27.7 Å². The number of hydrogen-bond acceptors (Lipinski definition) is 4. The summed E-state index contributed by atoms with van der Waals surface area (Å²) in [4.78, 5) is 12.4. The van der Waals surface area contributed by atoms with E-state index in [2.05, 4.69) is 27.2 Å². The van der Waals surface area contributed by atoms with E-state index in [1.165, 1.54) is 89.9 Å². The van der Waals surface area contributed by atoms with Crippen LogP contribution in [0.15, 0.2) is 11.6 Å². The van der Waals surface area contributed by atoms with Crippen LogP contribution in [0.3, 0.4) is 0 Å². The first kappa shape index (κ1) is 30.0. The van der Waals surface area contributed by atoms with Gasteiger partial charge in [0.2, 0.25) is 0 Å². The van der Waals surface area contributed by atoms with E-state index in [4.69, 9.17) is 9.05 Å². The highest BCUT2D eigenvalue weighted by atomic mass is 31.2. The SMILES string of the molecule is C[N+](C)(C)[C@@H]1CCC[C@H]1OP(=O)([O-])OCCCCC=C1CCCCCCCCCCCCCC1. The second-order valence-corrected chi connectivity index (χ2v) is 13.0. The van der Waals surface area contributed by atoms with Gasteiger partial charge in [-0.25, -0.2) is 0 Å². The van der Waals surface area contributed by atoms with E-state index in [1.807, 2.05) is 0 Å². The number of phosphoric acid groups is 1. The Kier molecular flexibility index (Phi) is 14.6. The summed E-state index contributed by atoms with van der Waals surface area (Å²) in [5.41, 5.74) is 1.63. The van der Waals surface area contributed by atoms with Gasteiger partial charge in [-0.2, -0.15) is 0 Å². The van der Waals surface area contributed by atoms with Crippen LogP contribution in [-0.2, 0) is 13.6 Å². The lowest BCUT2D eigenvalue weighted by Crippen LogP contribution is -2.49. The van der Waals surface area contributed by atoms with E-state index in [1.54, 1.807) is 5.57 Å². The lowest BCUT2D eigenvalue weighted by Gasteiger charge is -2.37. The number of hydrogen-bond donors (Lipinski definition) is 0. The van der Waals surface area contributed by atoms with Crippen molar-refractivity contribution < 1.29 is 23.0 Å². The standard InChI is InChI=1S/C28H54NO4P/c1-29(2,3)27-23-19-24-28(27)33-34(30,31)32-25-18-14-17-22-26-20-15-12-10-8-6-4-5-7-9-11-13-16-21-26/h22,27-28H,4-21,23-25H2,1-3H3/t27-,28-/m1/s1. The summed E-state index contributed by atoms with van der Waals surface area (Å²) < 4.78 is 23.8. The number of unbranched alkanes of at least 4 members (excludes halogenated alkanes) is 2. The molecular formula is C28H54NO4P. The van der Waals surface area contributed by atoms with Gasteiger partial charge in [0, 0.05) is 6.42 Å². The van der Waals surface area contributed by atoms with Crippen LogP contribution in [0.2, 0.25) is 0 Å². The van der Waals surface area contributed by atoms with Gasteiger partial charge in [0.15, 0.2) is 0 Å². The minimum Gasteiger partial charge on any atom is -0.756 e. The van der Waals surface area contributed by atoms with Crippen molar-refractivity contribution in [2.24, 2.45) is 0 Å². The van der Waals surface area contributed by atoms with E-state index >= 15 is 0 Å². The van der Waals surface area contributed by atoms with Gasteiger partial charge >= 0.3 is 0 Å². The molecule has 0 aromatic rings. The number of likely N-dealkylation sites (N-methyl/N-ethyl adjacent to an activating group) is 1. The average molecular weight is 500 g/mol. The molecule has 0 N–H and O–H groups in total. The third-order valence-corrected chi connectivity index (χ3v) is 8.73. The van der Waals surface area contributed by atoms with Gasteiger partial charge in [0.1, 0.15) is 12.1 Å². The van der Waals surface area contributed by atoms with Crippen molar-refractivity contribution in [3.63, 3.8) is 0 Å². The summed E-state index contributed by atoms with van der Waals surface area (Å²) in [5.74, 6) is 0. The third kappa shape index (κ3) is 13.2. The normalized spacial score (nSPS) is 26.4. The highest BCUT2D eigenvalue weighted by molar-refractivity contribution is 7.45. The van der Waals surface area contributed by atoms with Crippen molar-refractivity contribution >= 4 is 7.82 Å². The average Bonchev–Trinajstić information content (AvgIpc) is 3.22. The largest absolute Gasteiger partial charge is 0.756 e. The van der Waals surface area contributed by atoms with E-state index in [0.29, 0.717) is 0 Å². The van der Waals surface area contributed by atoms with Gasteiger partial charge in [-0.15, -0.1) is 0 Å². The van der Waals surface area contributed by atoms with E-state index in [9.17, 15) is 9.46 Å². The third-order valence-electron chi connectivity index (χ3n) is 7.70. The van der Waals surface area contributed by atoms with Gasteiger partial charge in [-0.05, 0) is 57.8 Å². The van der Waals surface area contributed by atoms with Crippen LogP contribution in [0, 0.1) is 0 Å². The monoisotopic (exact) mass is 499 g/mol. The number of nitrogens with zero attached hydrogens (tertiary/aromatic N) is 1. The van der Waals surface area contributed by atoms with Crippen LogP contribution in [0.4, 0.5) is 0 Å². The maximum Gasteiger partial charge on any atom is 0.268 e. The summed E-state index contributed by atoms with van der Waals surface area (Å²) >= 11 is 0. The zero-order valence-electron chi connectivity index (χ0n) is 22.6. The van der Waals surface area contributed by atoms with Crippen molar-refractivity contribution in [2.75, 3.05) is 27.7 Å². The van der Waals surface area contributed by atoms with Gasteiger partial charge < -0.3 is 18.4 Å². The first-order valence-corrected chi connectivity index (χ1v) is 15.9. The van der Waals surface area contributed by atoms with Crippen molar-refractivity contribution in [1.29, 1.82) is 0 Å². The molecule has 0 aliphatic heterocycles. The van der Waals surface area contributed by atoms with Crippen LogP contribution in [0.25, 0.3) is 0 Å². The zero-order chi connectivity index (χ0) is 24.7. The van der Waals surface area contributed by atoms with Crippen LogP contribution < -0.4 is 4.89 Å². The Labute approximate surface area is 210 Å². The molecule has 2 fully saturated rings. The maximum atomic E-state index is 12.4. The molecule has 2 aliphatic carbocycles. The van der Waals surface area contributed by atoms with Crippen molar-refractivity contribution in [1.82, 2.24) is 0 Å². The molecule has 3 atom stereocenters. The van der Waals surface area contributed by atoms with Gasteiger partial charge in [-0.3, -0.25) is 4.57 Å². The molecule has 0 aromatic carbocycles. The van der Waals surface area contributed by atoms with E-state index in [0.717, 1.165) is 43.0 Å². The molecule has 34 heavy (non-hydrogen) atoms. The summed E-state index contributed by atoms with van der Waals surface area (Å²) in [6.07, 6.45) is 26.9. The summed E-state index contributed by atoms with van der Waals surface area (Å²) in [6.45, 7) is 0.228. The molecule has 0 radical (unpaired) electrons. The molecular weight excluding hydrogens is 445 g/mol. The van der Waals surface area contributed by atoms with Crippen LogP contribution in [0.1, 0.15) is 128 Å². The quantitative estimate of drug-likeness (QED) is 0.141. The molecule has 2 rings (SSSR count). The molecule has 2 aliphatic rings. The second kappa shape index (κ2) is 16.5. The van der Waals surface area contributed by atoms with Crippen LogP contribution >= 0.6 is 7.82 Å². The van der Waals surface area contributed by atoms with Crippen molar-refractivity contribution in [3.05, 3.63) is 11.6 Å². The van der Waals surface area contributed by atoms with Crippen LogP contribution in [0.5, 0.6) is 0 Å². The molecule has 0 aromatic heterocycles. The fourth-order valence-electron chi connectivity index (χ4n) is 5.64. The Balaban J connectivity index is 1.67. The molecule has 0 saturated heterocycles. The Morgan fingerprint density at radius 2 is 1.35 bits per heavy atom. The summed E-state index contributed by atoms with van der Waals surface area (Å²) in [7, 11) is 2.07. The molecule has 0 amide bonds. The number of allylic oxidation sites excluding steroid dienone is 2. The fourth-order valence-corrected chi connectivity index (χ4v) is 6.63. The molecule has 1 unspecified atom stereocenters. The minimum atomic E-state index is -4.24. The Morgan fingerprint density at radius 1 is 0.824 bits per heavy atom. The first-order chi connectivity index (χ1) is 16.3. The number of quaternary nitrogens is 1. The fraction of sp³-hybridized carbons (Fsp3) is 0.929. The lowest BCUT2D eigenvalue weighted by atomic mass is 9.98. The smallest absolute Gasteiger partial charge is 0.268 e. The summed E-state index contributed by atoms with van der Waals surface area (Å²) in [5, 5.41) is 0. The molecule has 6 heteroatoms. The lowest BCUT2D eigenvalue weighted by molar-refractivity contribution is -0.898. The maximum absolute atomic E-state index is 12.4. The molecule has 2 saturated carbocycles. The van der Waals surface area contributed by atoms with Crippen molar-refractivity contribution in [2.45, 2.75) is 141 Å². The van der Waals surface area contributed by atoms with E-state index in [-0.39, 0.29) is 18.8 Å². The predicted molar refractivity (Wildman–Crippen MR) is 141 cm³/mol. The van der Waals surface area contributed by atoms with Gasteiger partial charge in [-0.1, -0.05) is 75.9 Å². The van der Waals surface area contributed by atoms with Crippen LogP contribution in [-0.4, -0.2) is 44.4 Å². The molecule has 0 bridgehead atoms. The number of phosphoric ester groups is 1. The summed E-state index contributed by atoms with van der Waals surface area (Å²) in [6, 6.07) is 0.210. The predicted octanol–water partition coefficient (Wildman–Crippen LogP) is 7.69.